The maximum atomic E-state index is 5.96. The topological polar surface area (TPSA) is 55.0 Å². The van der Waals surface area contributed by atoms with Gasteiger partial charge in [0.25, 0.3) is 0 Å². The van der Waals surface area contributed by atoms with Crippen LogP contribution in [0.4, 0.5) is 17.5 Å². The Bertz CT molecular complexity index is 607. The number of aromatic nitrogens is 2. The Morgan fingerprint density at radius 3 is 2.89 bits per heavy atom. The van der Waals surface area contributed by atoms with Gasteiger partial charge < -0.3 is 10.6 Å². The molecule has 1 aromatic heterocycles. The van der Waals surface area contributed by atoms with Crippen LogP contribution in [-0.4, -0.2) is 16.5 Å². The average Bonchev–Trinajstić information content (AvgIpc) is 2.36. The second-order valence-corrected chi connectivity index (χ2v) is 5.18. The third-order valence-electron chi connectivity index (χ3n) is 3.33. The summed E-state index contributed by atoms with van der Waals surface area (Å²) in [6.45, 7) is 3.03. The lowest BCUT2D eigenvalue weighted by Gasteiger charge is -2.30. The van der Waals surface area contributed by atoms with Gasteiger partial charge in [-0.05, 0) is 31.4 Å². The van der Waals surface area contributed by atoms with Crippen LogP contribution in [0.3, 0.4) is 0 Å². The molecule has 4 nitrogen and oxygen atoms in total. The second-order valence-electron chi connectivity index (χ2n) is 4.79. The van der Waals surface area contributed by atoms with Gasteiger partial charge in [0.15, 0.2) is 0 Å². The van der Waals surface area contributed by atoms with Gasteiger partial charge in [-0.3, -0.25) is 0 Å². The molecular weight excluding hydrogens is 260 g/mol. The minimum Gasteiger partial charge on any atom is -0.368 e. The van der Waals surface area contributed by atoms with E-state index in [0.717, 1.165) is 25.2 Å². The monoisotopic (exact) mass is 274 g/mol. The molecule has 0 bridgehead atoms. The summed E-state index contributed by atoms with van der Waals surface area (Å²) in [5.41, 5.74) is 9.49. The van der Waals surface area contributed by atoms with Crippen LogP contribution in [0.2, 0.25) is 5.15 Å². The third-order valence-corrected chi connectivity index (χ3v) is 3.52. The minimum absolute atomic E-state index is 0.210. The number of hydrogen-bond donors (Lipinski definition) is 1. The van der Waals surface area contributed by atoms with E-state index in [1.165, 1.54) is 16.8 Å². The predicted molar refractivity (Wildman–Crippen MR) is 78.0 cm³/mol. The number of halogens is 1. The van der Waals surface area contributed by atoms with E-state index in [4.69, 9.17) is 17.3 Å². The number of benzene rings is 1. The van der Waals surface area contributed by atoms with E-state index >= 15 is 0 Å². The van der Waals surface area contributed by atoms with Crippen molar-refractivity contribution in [2.45, 2.75) is 19.8 Å². The molecule has 0 radical (unpaired) electrons. The van der Waals surface area contributed by atoms with E-state index < -0.39 is 0 Å². The highest BCUT2D eigenvalue weighted by Gasteiger charge is 2.20. The molecule has 3 rings (SSSR count). The molecule has 2 aromatic rings. The average molecular weight is 275 g/mol. The van der Waals surface area contributed by atoms with E-state index in [2.05, 4.69) is 40.0 Å². The van der Waals surface area contributed by atoms with Crippen molar-refractivity contribution in [3.63, 3.8) is 0 Å². The van der Waals surface area contributed by atoms with Gasteiger partial charge >= 0.3 is 0 Å². The number of nitrogens with two attached hydrogens (primary N) is 1. The van der Waals surface area contributed by atoms with E-state index in [9.17, 15) is 0 Å². The molecule has 0 aliphatic carbocycles. The molecule has 1 aliphatic heterocycles. The smallest absolute Gasteiger partial charge is 0.223 e. The number of hydrogen-bond acceptors (Lipinski definition) is 4. The van der Waals surface area contributed by atoms with E-state index in [1.807, 2.05) is 0 Å². The van der Waals surface area contributed by atoms with Crippen LogP contribution in [0.25, 0.3) is 0 Å². The summed E-state index contributed by atoms with van der Waals surface area (Å²) in [6.07, 6.45) is 2.19. The number of anilines is 3. The molecule has 0 saturated heterocycles. The Kier molecular flexibility index (Phi) is 3.03. The lowest BCUT2D eigenvalue weighted by molar-refractivity contribution is 0.758. The van der Waals surface area contributed by atoms with Crippen molar-refractivity contribution in [1.82, 2.24) is 9.97 Å². The standard InChI is InChI=1S/C14H15ClN4/c1-9-4-5-11-10(7-9)3-2-6-19(11)13-8-12(15)17-14(16)18-13/h4-5,7-8H,2-3,6H2,1H3,(H2,16,17,18). The van der Waals surface area contributed by atoms with Gasteiger partial charge in [0.2, 0.25) is 5.95 Å². The fourth-order valence-corrected chi connectivity index (χ4v) is 2.71. The highest BCUT2D eigenvalue weighted by Crippen LogP contribution is 2.33. The van der Waals surface area contributed by atoms with Gasteiger partial charge in [0.1, 0.15) is 11.0 Å². The summed E-state index contributed by atoms with van der Waals surface area (Å²) in [5, 5.41) is 0.377. The quantitative estimate of drug-likeness (QED) is 0.812. The summed E-state index contributed by atoms with van der Waals surface area (Å²) in [7, 11) is 0. The molecule has 5 heteroatoms. The zero-order valence-electron chi connectivity index (χ0n) is 10.7. The van der Waals surface area contributed by atoms with E-state index in [0.29, 0.717) is 5.15 Å². The predicted octanol–water partition coefficient (Wildman–Crippen LogP) is 3.10. The van der Waals surface area contributed by atoms with Crippen molar-refractivity contribution in [3.05, 3.63) is 40.5 Å². The summed E-state index contributed by atoms with van der Waals surface area (Å²) in [4.78, 5) is 10.3. The molecule has 0 atom stereocenters. The summed E-state index contributed by atoms with van der Waals surface area (Å²) in [5.74, 6) is 0.976. The Balaban J connectivity index is 2.08. The summed E-state index contributed by atoms with van der Waals surface area (Å²) in [6, 6.07) is 8.24. The van der Waals surface area contributed by atoms with Gasteiger partial charge in [0.05, 0.1) is 0 Å². The van der Waals surface area contributed by atoms with Gasteiger partial charge in [-0.25, -0.2) is 4.98 Å². The Morgan fingerprint density at radius 2 is 2.11 bits per heavy atom. The SMILES string of the molecule is Cc1ccc2c(c1)CCCN2c1cc(Cl)nc(N)n1. The zero-order valence-corrected chi connectivity index (χ0v) is 11.5. The number of rotatable bonds is 1. The van der Waals surface area contributed by atoms with Gasteiger partial charge in [-0.2, -0.15) is 4.98 Å². The van der Waals surface area contributed by atoms with Crippen LogP contribution < -0.4 is 10.6 Å². The first-order chi connectivity index (χ1) is 9.13. The molecule has 2 heterocycles. The summed E-state index contributed by atoms with van der Waals surface area (Å²) < 4.78 is 0. The maximum Gasteiger partial charge on any atom is 0.223 e. The Labute approximate surface area is 117 Å². The second kappa shape index (κ2) is 4.70. The van der Waals surface area contributed by atoms with Crippen molar-refractivity contribution in [3.8, 4) is 0 Å². The Morgan fingerprint density at radius 1 is 1.26 bits per heavy atom. The third kappa shape index (κ3) is 2.36. The maximum absolute atomic E-state index is 5.96. The van der Waals surface area contributed by atoms with Crippen LogP contribution in [0.1, 0.15) is 17.5 Å². The van der Waals surface area contributed by atoms with E-state index in [1.54, 1.807) is 6.07 Å². The lowest BCUT2D eigenvalue weighted by atomic mass is 9.99. The number of aryl methyl sites for hydroxylation is 2. The minimum atomic E-state index is 0.210. The normalized spacial score (nSPS) is 14.3. The zero-order chi connectivity index (χ0) is 13.4. The molecule has 0 unspecified atom stereocenters. The van der Waals surface area contributed by atoms with Crippen molar-refractivity contribution in [1.29, 1.82) is 0 Å². The Hall–Kier alpha value is -1.81. The van der Waals surface area contributed by atoms with Crippen molar-refractivity contribution in [2.75, 3.05) is 17.2 Å². The first kappa shape index (κ1) is 12.2. The highest BCUT2D eigenvalue weighted by molar-refractivity contribution is 6.29. The molecule has 1 aliphatic rings. The highest BCUT2D eigenvalue weighted by atomic mass is 35.5. The summed E-state index contributed by atoms with van der Waals surface area (Å²) >= 11 is 5.96. The van der Waals surface area contributed by atoms with Gasteiger partial charge in [-0.1, -0.05) is 29.3 Å². The number of nitrogens with zero attached hydrogens (tertiary/aromatic N) is 3. The van der Waals surface area contributed by atoms with Crippen LogP contribution in [0, 0.1) is 6.92 Å². The van der Waals surface area contributed by atoms with E-state index in [-0.39, 0.29) is 5.95 Å². The van der Waals surface area contributed by atoms with Crippen LogP contribution in [-0.2, 0) is 6.42 Å². The first-order valence-corrected chi connectivity index (χ1v) is 6.68. The molecule has 19 heavy (non-hydrogen) atoms. The molecule has 0 fully saturated rings. The van der Waals surface area contributed by atoms with Crippen molar-refractivity contribution in [2.24, 2.45) is 0 Å². The van der Waals surface area contributed by atoms with Crippen LogP contribution in [0.5, 0.6) is 0 Å². The van der Waals surface area contributed by atoms with Crippen LogP contribution in [0.15, 0.2) is 24.3 Å². The fraction of sp³-hybridized carbons (Fsp3) is 0.286. The molecule has 0 spiro atoms. The molecule has 0 amide bonds. The molecule has 2 N–H and O–H groups in total. The number of nitrogen functional groups attached to an aromatic ring is 1. The molecule has 98 valence electrons. The molecule has 1 aromatic carbocycles. The van der Waals surface area contributed by atoms with Crippen molar-refractivity contribution >= 4 is 29.1 Å². The molecule has 0 saturated carbocycles. The molecular formula is C14H15ClN4. The van der Waals surface area contributed by atoms with Crippen molar-refractivity contribution < 1.29 is 0 Å². The van der Waals surface area contributed by atoms with Gasteiger partial charge in [0, 0.05) is 18.3 Å². The number of fused-ring (bicyclic) bond motifs is 1. The first-order valence-electron chi connectivity index (χ1n) is 6.30. The van der Waals surface area contributed by atoms with Gasteiger partial charge in [-0.15, -0.1) is 0 Å². The lowest BCUT2D eigenvalue weighted by Crippen LogP contribution is -2.25. The largest absolute Gasteiger partial charge is 0.368 e. The fourth-order valence-electron chi connectivity index (χ4n) is 2.53. The van der Waals surface area contributed by atoms with Crippen LogP contribution >= 0.6 is 11.6 Å².